The summed E-state index contributed by atoms with van der Waals surface area (Å²) in [4.78, 5) is 10.9. The van der Waals surface area contributed by atoms with E-state index < -0.39 is 6.09 Å². The SMILES string of the molecule is CCCCC(Cc1c(Cl)cccc1Cl)OC(N)=O. The number of carbonyl (C=O) groups excluding carboxylic acids is 1. The minimum absolute atomic E-state index is 0.278. The van der Waals surface area contributed by atoms with Gasteiger partial charge in [0.15, 0.2) is 0 Å². The Labute approximate surface area is 117 Å². The zero-order chi connectivity index (χ0) is 13.5. The maximum atomic E-state index is 10.9. The topological polar surface area (TPSA) is 52.3 Å². The predicted molar refractivity (Wildman–Crippen MR) is 74.1 cm³/mol. The lowest BCUT2D eigenvalue weighted by Gasteiger charge is -2.17. The van der Waals surface area contributed by atoms with E-state index in [1.807, 2.05) is 0 Å². The van der Waals surface area contributed by atoms with Crippen LogP contribution in [0.3, 0.4) is 0 Å². The van der Waals surface area contributed by atoms with E-state index in [9.17, 15) is 4.79 Å². The van der Waals surface area contributed by atoms with Crippen LogP contribution in [0.2, 0.25) is 10.0 Å². The molecular weight excluding hydrogens is 273 g/mol. The maximum Gasteiger partial charge on any atom is 0.404 e. The lowest BCUT2D eigenvalue weighted by molar-refractivity contribution is 0.0997. The second-order valence-electron chi connectivity index (χ2n) is 4.11. The molecule has 0 aliphatic carbocycles. The highest BCUT2D eigenvalue weighted by Gasteiger charge is 2.16. The molecule has 0 aliphatic heterocycles. The number of halogens is 2. The summed E-state index contributed by atoms with van der Waals surface area (Å²) in [6.07, 6.45) is 2.18. The lowest BCUT2D eigenvalue weighted by Crippen LogP contribution is -2.25. The van der Waals surface area contributed by atoms with E-state index in [1.165, 1.54) is 0 Å². The molecule has 3 nitrogen and oxygen atoms in total. The fraction of sp³-hybridized carbons (Fsp3) is 0.462. The molecule has 1 unspecified atom stereocenters. The van der Waals surface area contributed by atoms with Gasteiger partial charge in [0.2, 0.25) is 0 Å². The summed E-state index contributed by atoms with van der Waals surface area (Å²) in [7, 11) is 0. The van der Waals surface area contributed by atoms with Crippen molar-refractivity contribution >= 4 is 29.3 Å². The lowest BCUT2D eigenvalue weighted by atomic mass is 10.0. The van der Waals surface area contributed by atoms with Crippen LogP contribution in [-0.4, -0.2) is 12.2 Å². The highest BCUT2D eigenvalue weighted by molar-refractivity contribution is 6.36. The zero-order valence-electron chi connectivity index (χ0n) is 10.3. The van der Waals surface area contributed by atoms with Crippen molar-refractivity contribution in [1.82, 2.24) is 0 Å². The number of rotatable bonds is 6. The third-order valence-corrected chi connectivity index (χ3v) is 3.36. The summed E-state index contributed by atoms with van der Waals surface area (Å²) in [5, 5.41) is 1.16. The molecule has 1 aromatic carbocycles. The summed E-state index contributed by atoms with van der Waals surface area (Å²) >= 11 is 12.2. The van der Waals surface area contributed by atoms with Crippen molar-refractivity contribution in [3.63, 3.8) is 0 Å². The molecule has 1 rings (SSSR count). The third kappa shape index (κ3) is 4.75. The number of nitrogens with two attached hydrogens (primary N) is 1. The Morgan fingerprint density at radius 2 is 2.00 bits per heavy atom. The minimum Gasteiger partial charge on any atom is -0.446 e. The molecule has 0 radical (unpaired) electrons. The molecule has 1 atom stereocenters. The molecule has 0 aliphatic rings. The predicted octanol–water partition coefficient (Wildman–Crippen LogP) is 4.19. The van der Waals surface area contributed by atoms with Crippen molar-refractivity contribution < 1.29 is 9.53 Å². The van der Waals surface area contributed by atoms with Gasteiger partial charge in [0.05, 0.1) is 0 Å². The van der Waals surface area contributed by atoms with Crippen LogP contribution in [0.5, 0.6) is 0 Å². The Bertz CT molecular complexity index is 390. The van der Waals surface area contributed by atoms with E-state index in [0.29, 0.717) is 16.5 Å². The van der Waals surface area contributed by atoms with Crippen LogP contribution in [0.15, 0.2) is 18.2 Å². The van der Waals surface area contributed by atoms with Gasteiger partial charge >= 0.3 is 6.09 Å². The van der Waals surface area contributed by atoms with E-state index in [1.54, 1.807) is 18.2 Å². The molecule has 100 valence electrons. The first-order valence-electron chi connectivity index (χ1n) is 5.93. The average Bonchev–Trinajstić information content (AvgIpc) is 2.30. The van der Waals surface area contributed by atoms with Crippen LogP contribution < -0.4 is 5.73 Å². The molecule has 1 amide bonds. The summed E-state index contributed by atoms with van der Waals surface area (Å²) in [5.74, 6) is 0. The number of unbranched alkanes of at least 4 members (excludes halogenated alkanes) is 1. The molecule has 0 aromatic heterocycles. The van der Waals surface area contributed by atoms with E-state index in [4.69, 9.17) is 33.7 Å². The summed E-state index contributed by atoms with van der Waals surface area (Å²) in [6.45, 7) is 2.07. The van der Waals surface area contributed by atoms with Crippen LogP contribution in [0.1, 0.15) is 31.7 Å². The van der Waals surface area contributed by atoms with E-state index in [2.05, 4.69) is 6.92 Å². The largest absolute Gasteiger partial charge is 0.446 e. The summed E-state index contributed by atoms with van der Waals surface area (Å²) < 4.78 is 5.09. The quantitative estimate of drug-likeness (QED) is 0.854. The Morgan fingerprint density at radius 1 is 1.39 bits per heavy atom. The van der Waals surface area contributed by atoms with Crippen molar-refractivity contribution in [2.24, 2.45) is 5.73 Å². The van der Waals surface area contributed by atoms with Crippen LogP contribution in [-0.2, 0) is 11.2 Å². The second-order valence-corrected chi connectivity index (χ2v) is 4.92. The van der Waals surface area contributed by atoms with Gasteiger partial charge in [-0.1, -0.05) is 49.0 Å². The second kappa shape index (κ2) is 7.49. The Kier molecular flexibility index (Phi) is 6.30. The molecule has 0 saturated heterocycles. The maximum absolute atomic E-state index is 10.9. The highest BCUT2D eigenvalue weighted by Crippen LogP contribution is 2.27. The van der Waals surface area contributed by atoms with E-state index >= 15 is 0 Å². The number of hydrogen-bond acceptors (Lipinski definition) is 2. The minimum atomic E-state index is -0.765. The molecule has 2 N–H and O–H groups in total. The molecule has 5 heteroatoms. The van der Waals surface area contributed by atoms with Crippen molar-refractivity contribution in [3.05, 3.63) is 33.8 Å². The Balaban J connectivity index is 2.78. The van der Waals surface area contributed by atoms with Gasteiger partial charge in [-0.05, 0) is 24.1 Å². The number of hydrogen-bond donors (Lipinski definition) is 1. The van der Waals surface area contributed by atoms with Crippen LogP contribution in [0.4, 0.5) is 4.79 Å². The van der Waals surface area contributed by atoms with Crippen LogP contribution in [0.25, 0.3) is 0 Å². The van der Waals surface area contributed by atoms with Crippen LogP contribution >= 0.6 is 23.2 Å². The number of primary amides is 1. The van der Waals surface area contributed by atoms with E-state index in [0.717, 1.165) is 24.8 Å². The van der Waals surface area contributed by atoms with Gasteiger partial charge in [-0.25, -0.2) is 4.79 Å². The summed E-state index contributed by atoms with van der Waals surface area (Å²) in [5.41, 5.74) is 5.86. The molecule has 0 spiro atoms. The first kappa shape index (κ1) is 15.1. The fourth-order valence-electron chi connectivity index (χ4n) is 1.75. The average molecular weight is 290 g/mol. The smallest absolute Gasteiger partial charge is 0.404 e. The first-order valence-corrected chi connectivity index (χ1v) is 6.69. The standard InChI is InChI=1S/C13H17Cl2NO2/c1-2-3-5-9(18-13(16)17)8-10-11(14)6-4-7-12(10)15/h4,6-7,9H,2-3,5,8H2,1H3,(H2,16,17). The molecule has 18 heavy (non-hydrogen) atoms. The Morgan fingerprint density at radius 3 is 2.50 bits per heavy atom. The molecular formula is C13H17Cl2NO2. The molecule has 0 saturated carbocycles. The van der Waals surface area contributed by atoms with Crippen LogP contribution in [0, 0.1) is 0 Å². The van der Waals surface area contributed by atoms with Crippen molar-refractivity contribution in [1.29, 1.82) is 0 Å². The van der Waals surface area contributed by atoms with Gasteiger partial charge in [0.25, 0.3) is 0 Å². The van der Waals surface area contributed by atoms with Gasteiger partial charge in [0.1, 0.15) is 6.10 Å². The number of ether oxygens (including phenoxy) is 1. The monoisotopic (exact) mass is 289 g/mol. The molecule has 0 heterocycles. The first-order chi connectivity index (χ1) is 8.54. The highest BCUT2D eigenvalue weighted by atomic mass is 35.5. The van der Waals surface area contributed by atoms with Gasteiger partial charge in [0, 0.05) is 16.5 Å². The van der Waals surface area contributed by atoms with Crippen molar-refractivity contribution in [2.45, 2.75) is 38.7 Å². The third-order valence-electron chi connectivity index (χ3n) is 2.66. The zero-order valence-corrected chi connectivity index (χ0v) is 11.8. The van der Waals surface area contributed by atoms with Crippen molar-refractivity contribution in [3.8, 4) is 0 Å². The van der Waals surface area contributed by atoms with Gasteiger partial charge < -0.3 is 10.5 Å². The number of amides is 1. The molecule has 1 aromatic rings. The number of benzene rings is 1. The van der Waals surface area contributed by atoms with Crippen molar-refractivity contribution in [2.75, 3.05) is 0 Å². The van der Waals surface area contributed by atoms with Gasteiger partial charge in [-0.15, -0.1) is 0 Å². The number of carbonyl (C=O) groups is 1. The Hall–Kier alpha value is -0.930. The summed E-state index contributed by atoms with van der Waals surface area (Å²) in [6, 6.07) is 5.32. The molecule has 0 fully saturated rings. The van der Waals surface area contributed by atoms with Gasteiger partial charge in [-0.2, -0.15) is 0 Å². The molecule has 0 bridgehead atoms. The van der Waals surface area contributed by atoms with E-state index in [-0.39, 0.29) is 6.10 Å². The fourth-order valence-corrected chi connectivity index (χ4v) is 2.31. The normalized spacial score (nSPS) is 12.2. The van der Waals surface area contributed by atoms with Gasteiger partial charge in [-0.3, -0.25) is 0 Å².